The molecular weight excluding hydrogens is 167 g/mol. The van der Waals surface area contributed by atoms with Crippen LogP contribution >= 0.6 is 0 Å². The van der Waals surface area contributed by atoms with Crippen LogP contribution in [0.1, 0.15) is 13.3 Å². The predicted molar refractivity (Wildman–Crippen MR) is 50.4 cm³/mol. The summed E-state index contributed by atoms with van der Waals surface area (Å²) in [4.78, 5) is 10.8. The third-order valence-corrected chi connectivity index (χ3v) is 1.62. The highest BCUT2D eigenvalue weighted by Gasteiger charge is 2.19. The van der Waals surface area contributed by atoms with E-state index in [1.54, 1.807) is 31.2 Å². The van der Waals surface area contributed by atoms with E-state index >= 15 is 0 Å². The van der Waals surface area contributed by atoms with Crippen molar-refractivity contribution in [2.24, 2.45) is 0 Å². The van der Waals surface area contributed by atoms with E-state index in [9.17, 15) is 9.82 Å². The van der Waals surface area contributed by atoms with Gasteiger partial charge < -0.3 is 9.68 Å². The van der Waals surface area contributed by atoms with E-state index in [-0.39, 0.29) is 6.42 Å². The maximum Gasteiger partial charge on any atom is 0.561 e. The van der Waals surface area contributed by atoms with Crippen LogP contribution in [-0.4, -0.2) is 18.1 Å². The molecule has 0 saturated carbocycles. The molecule has 4 heteroatoms. The van der Waals surface area contributed by atoms with Crippen molar-refractivity contribution in [3.05, 3.63) is 30.3 Å². The monoisotopic (exact) mass is 178 g/mol. The maximum absolute atomic E-state index is 10.8. The second kappa shape index (κ2) is 4.67. The van der Waals surface area contributed by atoms with Crippen LogP contribution in [0.5, 0.6) is 0 Å². The molecule has 1 rings (SSSR count). The molecular formula is C9H11BO3. The van der Waals surface area contributed by atoms with Crippen molar-refractivity contribution in [1.82, 2.24) is 0 Å². The van der Waals surface area contributed by atoms with Gasteiger partial charge in [-0.05, 0) is 5.46 Å². The minimum atomic E-state index is -1.14. The summed E-state index contributed by atoms with van der Waals surface area (Å²) < 4.78 is 4.70. The predicted octanol–water partition coefficient (Wildman–Crippen LogP) is 0.327. The molecule has 0 heterocycles. The topological polar surface area (TPSA) is 46.5 Å². The summed E-state index contributed by atoms with van der Waals surface area (Å²) in [5.41, 5.74) is 0.587. The lowest BCUT2D eigenvalue weighted by atomic mass is 9.80. The summed E-state index contributed by atoms with van der Waals surface area (Å²) >= 11 is 0. The first kappa shape index (κ1) is 9.80. The lowest BCUT2D eigenvalue weighted by Gasteiger charge is -2.06. The van der Waals surface area contributed by atoms with Crippen molar-refractivity contribution < 1.29 is 14.5 Å². The molecule has 0 fully saturated rings. The second-order valence-corrected chi connectivity index (χ2v) is 2.61. The number of carbonyl (C=O) groups is 1. The van der Waals surface area contributed by atoms with Crippen molar-refractivity contribution in [3.8, 4) is 0 Å². The Morgan fingerprint density at radius 2 is 2.08 bits per heavy atom. The van der Waals surface area contributed by atoms with Gasteiger partial charge >= 0.3 is 7.12 Å². The molecule has 1 aromatic rings. The van der Waals surface area contributed by atoms with E-state index in [4.69, 9.17) is 4.65 Å². The molecule has 0 radical (unpaired) electrons. The number of hydrogen-bond acceptors (Lipinski definition) is 3. The fourth-order valence-electron chi connectivity index (χ4n) is 0.894. The van der Waals surface area contributed by atoms with Crippen LogP contribution in [0.3, 0.4) is 0 Å². The van der Waals surface area contributed by atoms with Gasteiger partial charge in [0.1, 0.15) is 0 Å². The first-order chi connectivity index (χ1) is 6.24. The molecule has 1 aromatic carbocycles. The van der Waals surface area contributed by atoms with Gasteiger partial charge in [0.25, 0.3) is 5.97 Å². The van der Waals surface area contributed by atoms with Crippen LogP contribution in [-0.2, 0) is 9.45 Å². The van der Waals surface area contributed by atoms with Gasteiger partial charge in [0.2, 0.25) is 0 Å². The lowest BCUT2D eigenvalue weighted by molar-refractivity contribution is -0.135. The molecule has 0 saturated heterocycles. The summed E-state index contributed by atoms with van der Waals surface area (Å²) in [6.45, 7) is 1.68. The van der Waals surface area contributed by atoms with Gasteiger partial charge in [-0.3, -0.25) is 4.79 Å². The molecule has 0 unspecified atom stereocenters. The van der Waals surface area contributed by atoms with Gasteiger partial charge in [-0.1, -0.05) is 37.3 Å². The smallest absolute Gasteiger partial charge is 0.506 e. The SMILES string of the molecule is CCC(=O)OB(O)c1ccccc1. The van der Waals surface area contributed by atoms with E-state index in [0.29, 0.717) is 5.46 Å². The molecule has 0 aliphatic rings. The van der Waals surface area contributed by atoms with Gasteiger partial charge in [0, 0.05) is 6.42 Å². The Morgan fingerprint density at radius 3 is 2.62 bits per heavy atom. The summed E-state index contributed by atoms with van der Waals surface area (Å²) in [6, 6.07) is 8.79. The average Bonchev–Trinajstić information content (AvgIpc) is 2.19. The highest BCUT2D eigenvalue weighted by atomic mass is 16.6. The molecule has 68 valence electrons. The highest BCUT2D eigenvalue weighted by molar-refractivity contribution is 6.61. The molecule has 0 bridgehead atoms. The van der Waals surface area contributed by atoms with Gasteiger partial charge in [-0.25, -0.2) is 0 Å². The molecule has 0 spiro atoms. The van der Waals surface area contributed by atoms with Crippen molar-refractivity contribution in [2.45, 2.75) is 13.3 Å². The zero-order chi connectivity index (χ0) is 9.68. The van der Waals surface area contributed by atoms with Gasteiger partial charge in [0.15, 0.2) is 0 Å². The Balaban J connectivity index is 2.59. The van der Waals surface area contributed by atoms with E-state index in [0.717, 1.165) is 0 Å². The standard InChI is InChI=1S/C9H11BO3/c1-2-9(11)13-10(12)8-6-4-3-5-7-8/h3-7,12H,2H2,1H3. The van der Waals surface area contributed by atoms with Gasteiger partial charge in [-0.2, -0.15) is 0 Å². The number of carbonyl (C=O) groups excluding carboxylic acids is 1. The number of rotatable bonds is 3. The Morgan fingerprint density at radius 1 is 1.46 bits per heavy atom. The molecule has 3 nitrogen and oxygen atoms in total. The molecule has 13 heavy (non-hydrogen) atoms. The van der Waals surface area contributed by atoms with Crippen molar-refractivity contribution >= 4 is 18.6 Å². The lowest BCUT2D eigenvalue weighted by Crippen LogP contribution is -2.35. The minimum Gasteiger partial charge on any atom is -0.506 e. The Labute approximate surface area is 77.5 Å². The van der Waals surface area contributed by atoms with E-state index in [2.05, 4.69) is 0 Å². The minimum absolute atomic E-state index is 0.268. The fraction of sp³-hybridized carbons (Fsp3) is 0.222. The van der Waals surface area contributed by atoms with Crippen molar-refractivity contribution in [3.63, 3.8) is 0 Å². The van der Waals surface area contributed by atoms with E-state index in [1.807, 2.05) is 6.07 Å². The van der Waals surface area contributed by atoms with Crippen LogP contribution in [0.4, 0.5) is 0 Å². The Bertz CT molecular complexity index is 273. The van der Waals surface area contributed by atoms with Crippen LogP contribution in [0, 0.1) is 0 Å². The van der Waals surface area contributed by atoms with Crippen LogP contribution < -0.4 is 5.46 Å². The first-order valence-electron chi connectivity index (χ1n) is 4.16. The summed E-state index contributed by atoms with van der Waals surface area (Å²) in [5, 5.41) is 9.38. The van der Waals surface area contributed by atoms with E-state index in [1.165, 1.54) is 0 Å². The summed E-state index contributed by atoms with van der Waals surface area (Å²) in [5.74, 6) is -0.406. The Hall–Kier alpha value is -1.29. The second-order valence-electron chi connectivity index (χ2n) is 2.61. The normalized spacial score (nSPS) is 9.38. The van der Waals surface area contributed by atoms with Crippen LogP contribution in [0.25, 0.3) is 0 Å². The van der Waals surface area contributed by atoms with Crippen molar-refractivity contribution in [1.29, 1.82) is 0 Å². The zero-order valence-electron chi connectivity index (χ0n) is 7.43. The largest absolute Gasteiger partial charge is 0.561 e. The Kier molecular flexibility index (Phi) is 3.52. The maximum atomic E-state index is 10.8. The molecule has 0 amide bonds. The first-order valence-corrected chi connectivity index (χ1v) is 4.16. The number of hydrogen-bond donors (Lipinski definition) is 1. The molecule has 0 aromatic heterocycles. The average molecular weight is 178 g/mol. The highest BCUT2D eigenvalue weighted by Crippen LogP contribution is 1.90. The van der Waals surface area contributed by atoms with Crippen LogP contribution in [0.2, 0.25) is 0 Å². The zero-order valence-corrected chi connectivity index (χ0v) is 7.43. The molecule has 1 N–H and O–H groups in total. The van der Waals surface area contributed by atoms with E-state index < -0.39 is 13.1 Å². The third kappa shape index (κ3) is 2.91. The molecule has 0 aliphatic heterocycles. The van der Waals surface area contributed by atoms with Gasteiger partial charge in [-0.15, -0.1) is 0 Å². The number of benzene rings is 1. The van der Waals surface area contributed by atoms with Crippen molar-refractivity contribution in [2.75, 3.05) is 0 Å². The quantitative estimate of drug-likeness (QED) is 0.678. The van der Waals surface area contributed by atoms with Crippen LogP contribution in [0.15, 0.2) is 30.3 Å². The summed E-state index contributed by atoms with van der Waals surface area (Å²) in [7, 11) is -1.14. The molecule has 0 aliphatic carbocycles. The van der Waals surface area contributed by atoms with Gasteiger partial charge in [0.05, 0.1) is 0 Å². The summed E-state index contributed by atoms with van der Waals surface area (Å²) in [6.07, 6.45) is 0.268. The third-order valence-electron chi connectivity index (χ3n) is 1.62. The molecule has 0 atom stereocenters. The fourth-order valence-corrected chi connectivity index (χ4v) is 0.894.